The number of nitrogens with one attached hydrogen (secondary N) is 1. The molecular weight excluding hydrogens is 200 g/mol. The van der Waals surface area contributed by atoms with E-state index >= 15 is 0 Å². The van der Waals surface area contributed by atoms with E-state index in [0.717, 1.165) is 36.6 Å². The van der Waals surface area contributed by atoms with E-state index in [9.17, 15) is 0 Å². The zero-order valence-corrected chi connectivity index (χ0v) is 10.6. The highest BCUT2D eigenvalue weighted by atomic mass is 16.5. The molecule has 0 amide bonds. The van der Waals surface area contributed by atoms with Crippen molar-refractivity contribution in [2.75, 3.05) is 19.0 Å². The predicted molar refractivity (Wildman–Crippen MR) is 66.3 cm³/mol. The highest BCUT2D eigenvalue weighted by molar-refractivity contribution is 5.55. The first-order chi connectivity index (χ1) is 7.52. The standard InChI is InChI=1S/C13H20N2O/c1-13(2,3)11-8-10(16-4)9-6-5-7-14-12(9)15-11/h8H,5-7H2,1-4H3,(H,14,15). The fraction of sp³-hybridized carbons (Fsp3) is 0.615. The highest BCUT2D eigenvalue weighted by Gasteiger charge is 2.22. The van der Waals surface area contributed by atoms with E-state index < -0.39 is 0 Å². The maximum atomic E-state index is 5.47. The van der Waals surface area contributed by atoms with Crippen molar-refractivity contribution in [3.05, 3.63) is 17.3 Å². The monoisotopic (exact) mass is 220 g/mol. The maximum Gasteiger partial charge on any atom is 0.133 e. The molecule has 0 unspecified atom stereocenters. The average Bonchev–Trinajstić information content (AvgIpc) is 2.26. The van der Waals surface area contributed by atoms with Crippen LogP contribution in [0.3, 0.4) is 0 Å². The molecule has 1 aliphatic heterocycles. The lowest BCUT2D eigenvalue weighted by atomic mass is 9.90. The lowest BCUT2D eigenvalue weighted by Gasteiger charge is -2.25. The van der Waals surface area contributed by atoms with Crippen LogP contribution in [-0.2, 0) is 11.8 Å². The Morgan fingerprint density at radius 3 is 2.75 bits per heavy atom. The summed E-state index contributed by atoms with van der Waals surface area (Å²) in [6.07, 6.45) is 2.21. The second-order valence-corrected chi connectivity index (χ2v) is 5.32. The fourth-order valence-electron chi connectivity index (χ4n) is 1.97. The van der Waals surface area contributed by atoms with Gasteiger partial charge in [0.25, 0.3) is 0 Å². The van der Waals surface area contributed by atoms with Gasteiger partial charge in [0.05, 0.1) is 12.8 Å². The molecule has 1 aromatic rings. The van der Waals surface area contributed by atoms with E-state index in [-0.39, 0.29) is 5.41 Å². The fourth-order valence-corrected chi connectivity index (χ4v) is 1.97. The topological polar surface area (TPSA) is 34.1 Å². The van der Waals surface area contributed by atoms with E-state index in [4.69, 9.17) is 9.72 Å². The number of pyridine rings is 1. The van der Waals surface area contributed by atoms with Gasteiger partial charge in [-0.2, -0.15) is 0 Å². The summed E-state index contributed by atoms with van der Waals surface area (Å²) in [5.41, 5.74) is 2.36. The second kappa shape index (κ2) is 3.96. The molecule has 16 heavy (non-hydrogen) atoms. The minimum atomic E-state index is 0.0570. The van der Waals surface area contributed by atoms with E-state index in [1.54, 1.807) is 7.11 Å². The molecule has 0 bridgehead atoms. The van der Waals surface area contributed by atoms with Gasteiger partial charge in [-0.05, 0) is 12.8 Å². The first kappa shape index (κ1) is 11.2. The van der Waals surface area contributed by atoms with Gasteiger partial charge in [0.15, 0.2) is 0 Å². The largest absolute Gasteiger partial charge is 0.496 e. The van der Waals surface area contributed by atoms with Crippen molar-refractivity contribution in [2.45, 2.75) is 39.0 Å². The van der Waals surface area contributed by atoms with Crippen molar-refractivity contribution < 1.29 is 4.74 Å². The molecule has 0 saturated carbocycles. The van der Waals surface area contributed by atoms with Crippen LogP contribution in [0.4, 0.5) is 5.82 Å². The molecule has 3 heteroatoms. The SMILES string of the molecule is COc1cc(C(C)(C)C)nc2c1CCCN2. The number of fused-ring (bicyclic) bond motifs is 1. The molecule has 1 aliphatic rings. The number of rotatable bonds is 1. The summed E-state index contributed by atoms with van der Waals surface area (Å²) >= 11 is 0. The molecule has 0 aliphatic carbocycles. The number of ether oxygens (including phenoxy) is 1. The molecule has 1 aromatic heterocycles. The molecule has 0 spiro atoms. The lowest BCUT2D eigenvalue weighted by molar-refractivity contribution is 0.405. The van der Waals surface area contributed by atoms with Crippen molar-refractivity contribution in [1.29, 1.82) is 0 Å². The maximum absolute atomic E-state index is 5.47. The van der Waals surface area contributed by atoms with Gasteiger partial charge < -0.3 is 10.1 Å². The number of nitrogens with zero attached hydrogens (tertiary/aromatic N) is 1. The third kappa shape index (κ3) is 1.99. The van der Waals surface area contributed by atoms with Crippen LogP contribution in [0.1, 0.15) is 38.4 Å². The number of aromatic nitrogens is 1. The van der Waals surface area contributed by atoms with Gasteiger partial charge >= 0.3 is 0 Å². The molecule has 2 heterocycles. The van der Waals surface area contributed by atoms with Crippen LogP contribution >= 0.6 is 0 Å². The summed E-state index contributed by atoms with van der Waals surface area (Å²) in [6, 6.07) is 2.08. The zero-order chi connectivity index (χ0) is 11.8. The average molecular weight is 220 g/mol. The van der Waals surface area contributed by atoms with Crippen LogP contribution in [0.25, 0.3) is 0 Å². The van der Waals surface area contributed by atoms with E-state index in [1.807, 2.05) is 0 Å². The van der Waals surface area contributed by atoms with Crippen LogP contribution in [0, 0.1) is 0 Å². The minimum Gasteiger partial charge on any atom is -0.496 e. The van der Waals surface area contributed by atoms with Crippen molar-refractivity contribution in [2.24, 2.45) is 0 Å². The summed E-state index contributed by atoms with van der Waals surface area (Å²) < 4.78 is 5.47. The summed E-state index contributed by atoms with van der Waals surface area (Å²) in [5, 5.41) is 3.36. The first-order valence-electron chi connectivity index (χ1n) is 5.84. The molecule has 0 fully saturated rings. The van der Waals surface area contributed by atoms with Gasteiger partial charge in [0, 0.05) is 23.6 Å². The first-order valence-corrected chi connectivity index (χ1v) is 5.84. The predicted octanol–water partition coefficient (Wildman–Crippen LogP) is 2.75. The van der Waals surface area contributed by atoms with Crippen LogP contribution in [0.5, 0.6) is 5.75 Å². The second-order valence-electron chi connectivity index (χ2n) is 5.32. The number of hydrogen-bond donors (Lipinski definition) is 1. The van der Waals surface area contributed by atoms with E-state index in [2.05, 4.69) is 32.2 Å². The molecule has 0 atom stereocenters. The van der Waals surface area contributed by atoms with Crippen molar-refractivity contribution in [1.82, 2.24) is 4.98 Å². The minimum absolute atomic E-state index is 0.0570. The molecular formula is C13H20N2O. The van der Waals surface area contributed by atoms with Gasteiger partial charge in [-0.1, -0.05) is 20.8 Å². The Balaban J connectivity index is 2.52. The van der Waals surface area contributed by atoms with Gasteiger partial charge in [-0.25, -0.2) is 4.98 Å². The third-order valence-electron chi connectivity index (χ3n) is 2.97. The van der Waals surface area contributed by atoms with Crippen molar-refractivity contribution >= 4 is 5.82 Å². The molecule has 0 saturated heterocycles. The third-order valence-corrected chi connectivity index (χ3v) is 2.97. The lowest BCUT2D eigenvalue weighted by Crippen LogP contribution is -2.19. The summed E-state index contributed by atoms with van der Waals surface area (Å²) in [4.78, 5) is 4.70. The summed E-state index contributed by atoms with van der Waals surface area (Å²) in [7, 11) is 1.73. The number of methoxy groups -OCH3 is 1. The van der Waals surface area contributed by atoms with Gasteiger partial charge in [0.1, 0.15) is 11.6 Å². The summed E-state index contributed by atoms with van der Waals surface area (Å²) in [5.74, 6) is 1.98. The number of hydrogen-bond acceptors (Lipinski definition) is 3. The zero-order valence-electron chi connectivity index (χ0n) is 10.6. The van der Waals surface area contributed by atoms with Crippen molar-refractivity contribution in [3.8, 4) is 5.75 Å². The molecule has 0 radical (unpaired) electrons. The van der Waals surface area contributed by atoms with Crippen molar-refractivity contribution in [3.63, 3.8) is 0 Å². The quantitative estimate of drug-likeness (QED) is 0.790. The Labute approximate surface area is 97.2 Å². The van der Waals surface area contributed by atoms with Gasteiger partial charge in [-0.15, -0.1) is 0 Å². The van der Waals surface area contributed by atoms with Gasteiger partial charge in [-0.3, -0.25) is 0 Å². The Bertz CT molecular complexity index is 376. The Morgan fingerprint density at radius 1 is 1.38 bits per heavy atom. The molecule has 0 aromatic carbocycles. The molecule has 88 valence electrons. The summed E-state index contributed by atoms with van der Waals surface area (Å²) in [6.45, 7) is 7.52. The van der Waals surface area contributed by atoms with Gasteiger partial charge in [0.2, 0.25) is 0 Å². The molecule has 1 N–H and O–H groups in total. The molecule has 2 rings (SSSR count). The Kier molecular flexibility index (Phi) is 2.78. The van der Waals surface area contributed by atoms with E-state index in [1.165, 1.54) is 5.56 Å². The van der Waals surface area contributed by atoms with Crippen LogP contribution in [0.2, 0.25) is 0 Å². The van der Waals surface area contributed by atoms with E-state index in [0.29, 0.717) is 0 Å². The normalized spacial score (nSPS) is 15.2. The Morgan fingerprint density at radius 2 is 2.12 bits per heavy atom. The van der Waals surface area contributed by atoms with Crippen LogP contribution in [-0.4, -0.2) is 18.6 Å². The van der Waals surface area contributed by atoms with Crippen LogP contribution < -0.4 is 10.1 Å². The number of anilines is 1. The highest BCUT2D eigenvalue weighted by Crippen LogP contribution is 2.33. The smallest absolute Gasteiger partial charge is 0.133 e. The van der Waals surface area contributed by atoms with Crippen LogP contribution in [0.15, 0.2) is 6.07 Å². The Hall–Kier alpha value is -1.25. The molecule has 3 nitrogen and oxygen atoms in total.